The van der Waals surface area contributed by atoms with Gasteiger partial charge in [0.2, 0.25) is 5.82 Å². The van der Waals surface area contributed by atoms with Crippen LogP contribution in [0.3, 0.4) is 0 Å². The predicted molar refractivity (Wildman–Crippen MR) is 128 cm³/mol. The Labute approximate surface area is 200 Å². The van der Waals surface area contributed by atoms with E-state index in [1.807, 2.05) is 31.2 Å². The molecule has 0 spiro atoms. The average molecular weight is 472 g/mol. The Kier molecular flexibility index (Phi) is 5.64. The van der Waals surface area contributed by atoms with Crippen molar-refractivity contribution in [2.45, 2.75) is 26.8 Å². The summed E-state index contributed by atoms with van der Waals surface area (Å²) in [6.45, 7) is 5.39. The van der Waals surface area contributed by atoms with E-state index >= 15 is 0 Å². The standard InChI is InChI=1S/C27H22F2N4O2/c1-15-4-6-19(7-5-15)25-31-26(35-32-25)23-17(3)33(21-12-13-22(29)16(2)14-21)27(34)30-24(23)18-8-10-20(28)11-9-18/h4-14,24H,1-3H3,(H,30,34). The van der Waals surface area contributed by atoms with Crippen molar-refractivity contribution in [2.75, 3.05) is 4.90 Å². The SMILES string of the molecule is CC1=C(c2nc(-c3ccc(C)cc3)no2)C(c2ccc(F)cc2)NC(=O)N1c1ccc(F)c(C)c1. The fraction of sp³-hybridized carbons (Fsp3) is 0.148. The first-order valence-corrected chi connectivity index (χ1v) is 11.1. The van der Waals surface area contributed by atoms with E-state index in [9.17, 15) is 13.6 Å². The van der Waals surface area contributed by atoms with Gasteiger partial charge in [-0.25, -0.2) is 13.6 Å². The lowest BCUT2D eigenvalue weighted by molar-refractivity contribution is 0.244. The van der Waals surface area contributed by atoms with Crippen molar-refractivity contribution in [1.29, 1.82) is 0 Å². The minimum atomic E-state index is -0.660. The molecule has 1 aliphatic rings. The average Bonchev–Trinajstić information content (AvgIpc) is 3.31. The van der Waals surface area contributed by atoms with Crippen LogP contribution in [0.5, 0.6) is 0 Å². The van der Waals surface area contributed by atoms with Gasteiger partial charge in [-0.3, -0.25) is 4.90 Å². The highest BCUT2D eigenvalue weighted by molar-refractivity contribution is 6.01. The van der Waals surface area contributed by atoms with Crippen molar-refractivity contribution in [3.05, 3.63) is 107 Å². The third-order valence-corrected chi connectivity index (χ3v) is 6.05. The molecule has 2 amide bonds. The minimum absolute atomic E-state index is 0.219. The van der Waals surface area contributed by atoms with Gasteiger partial charge in [-0.05, 0) is 62.2 Å². The van der Waals surface area contributed by atoms with Gasteiger partial charge in [-0.1, -0.05) is 47.1 Å². The quantitative estimate of drug-likeness (QED) is 0.377. The van der Waals surface area contributed by atoms with Crippen molar-refractivity contribution >= 4 is 17.3 Å². The molecule has 3 aromatic carbocycles. The summed E-state index contributed by atoms with van der Waals surface area (Å²) in [6.07, 6.45) is 0. The fourth-order valence-electron chi connectivity index (χ4n) is 4.16. The molecule has 5 rings (SSSR count). The highest BCUT2D eigenvalue weighted by Gasteiger charge is 2.36. The summed E-state index contributed by atoms with van der Waals surface area (Å²) in [7, 11) is 0. The molecule has 1 aromatic heterocycles. The maximum absolute atomic E-state index is 13.9. The lowest BCUT2D eigenvalue weighted by Crippen LogP contribution is -2.46. The Morgan fingerprint density at radius 3 is 2.34 bits per heavy atom. The monoisotopic (exact) mass is 472 g/mol. The number of allylic oxidation sites excluding steroid dienone is 1. The fourth-order valence-corrected chi connectivity index (χ4v) is 4.16. The maximum atomic E-state index is 13.9. The maximum Gasteiger partial charge on any atom is 0.326 e. The number of benzene rings is 3. The van der Waals surface area contributed by atoms with Gasteiger partial charge in [0.1, 0.15) is 11.6 Å². The normalized spacial score (nSPS) is 16.0. The van der Waals surface area contributed by atoms with Gasteiger partial charge in [0.25, 0.3) is 5.89 Å². The van der Waals surface area contributed by atoms with Crippen molar-refractivity contribution < 1.29 is 18.1 Å². The van der Waals surface area contributed by atoms with Gasteiger partial charge >= 0.3 is 6.03 Å². The van der Waals surface area contributed by atoms with E-state index in [2.05, 4.69) is 15.5 Å². The Morgan fingerprint density at radius 1 is 0.943 bits per heavy atom. The third kappa shape index (κ3) is 4.19. The molecule has 0 fully saturated rings. The lowest BCUT2D eigenvalue weighted by Gasteiger charge is -2.35. The number of amides is 2. The molecule has 2 heterocycles. The van der Waals surface area contributed by atoms with E-state index < -0.39 is 12.1 Å². The zero-order chi connectivity index (χ0) is 24.7. The number of nitrogens with zero attached hydrogens (tertiary/aromatic N) is 3. The van der Waals surface area contributed by atoms with Crippen LogP contribution in [0.2, 0.25) is 0 Å². The predicted octanol–water partition coefficient (Wildman–Crippen LogP) is 6.33. The Balaban J connectivity index is 1.65. The van der Waals surface area contributed by atoms with E-state index in [1.165, 1.54) is 29.2 Å². The van der Waals surface area contributed by atoms with Crippen LogP contribution < -0.4 is 10.2 Å². The molecule has 0 aliphatic carbocycles. The molecule has 0 saturated heterocycles. The summed E-state index contributed by atoms with van der Waals surface area (Å²) in [5, 5.41) is 7.10. The summed E-state index contributed by atoms with van der Waals surface area (Å²) in [5.74, 6) is -0.131. The molecule has 6 nitrogen and oxygen atoms in total. The van der Waals surface area contributed by atoms with E-state index in [-0.39, 0.29) is 17.5 Å². The molecule has 35 heavy (non-hydrogen) atoms. The number of anilines is 1. The van der Waals surface area contributed by atoms with Crippen LogP contribution in [-0.4, -0.2) is 16.2 Å². The first kappa shape index (κ1) is 22.5. The minimum Gasteiger partial charge on any atom is -0.334 e. The molecule has 176 valence electrons. The van der Waals surface area contributed by atoms with E-state index in [4.69, 9.17) is 4.52 Å². The van der Waals surface area contributed by atoms with E-state index in [1.54, 1.807) is 32.0 Å². The molecule has 0 saturated carbocycles. The number of urea groups is 1. The summed E-state index contributed by atoms with van der Waals surface area (Å²) < 4.78 is 33.2. The third-order valence-electron chi connectivity index (χ3n) is 6.05. The van der Waals surface area contributed by atoms with Gasteiger partial charge in [-0.2, -0.15) is 4.98 Å². The molecule has 1 atom stereocenters. The molecule has 4 aromatic rings. The van der Waals surface area contributed by atoms with E-state index in [0.717, 1.165) is 11.1 Å². The first-order chi connectivity index (χ1) is 16.8. The van der Waals surface area contributed by atoms with Crippen molar-refractivity contribution in [2.24, 2.45) is 0 Å². The number of rotatable bonds is 4. The molecular formula is C27H22F2N4O2. The Bertz CT molecular complexity index is 1440. The number of aromatic nitrogens is 2. The molecule has 1 N–H and O–H groups in total. The Hall–Kier alpha value is -4.33. The van der Waals surface area contributed by atoms with Crippen LogP contribution >= 0.6 is 0 Å². The number of hydrogen-bond donors (Lipinski definition) is 1. The van der Waals surface area contributed by atoms with Crippen LogP contribution in [0.4, 0.5) is 19.3 Å². The number of carbonyl (C=O) groups excluding carboxylic acids is 1. The largest absolute Gasteiger partial charge is 0.334 e. The second-order valence-electron chi connectivity index (χ2n) is 8.49. The molecule has 0 bridgehead atoms. The van der Waals surface area contributed by atoms with Gasteiger partial charge in [0.15, 0.2) is 0 Å². The molecule has 1 unspecified atom stereocenters. The van der Waals surface area contributed by atoms with Crippen LogP contribution in [0.1, 0.15) is 35.5 Å². The highest BCUT2D eigenvalue weighted by atomic mass is 19.1. The highest BCUT2D eigenvalue weighted by Crippen LogP contribution is 2.39. The Morgan fingerprint density at radius 2 is 1.66 bits per heavy atom. The number of carbonyl (C=O) groups is 1. The number of nitrogens with one attached hydrogen (secondary N) is 1. The second-order valence-corrected chi connectivity index (χ2v) is 8.49. The summed E-state index contributed by atoms with van der Waals surface area (Å²) in [6, 6.07) is 16.9. The number of halogens is 2. The van der Waals surface area contributed by atoms with Crippen molar-refractivity contribution in [1.82, 2.24) is 15.5 Å². The van der Waals surface area contributed by atoms with Crippen molar-refractivity contribution in [3.63, 3.8) is 0 Å². The van der Waals surface area contributed by atoms with Crippen molar-refractivity contribution in [3.8, 4) is 11.4 Å². The van der Waals surface area contributed by atoms with Gasteiger partial charge in [0, 0.05) is 11.3 Å². The second kappa shape index (κ2) is 8.79. The van der Waals surface area contributed by atoms with Gasteiger partial charge in [0.05, 0.1) is 17.3 Å². The zero-order valence-electron chi connectivity index (χ0n) is 19.3. The molecular weight excluding hydrogens is 450 g/mol. The summed E-state index contributed by atoms with van der Waals surface area (Å²) in [5.41, 5.74) is 4.54. The van der Waals surface area contributed by atoms with Gasteiger partial charge in [-0.15, -0.1) is 0 Å². The number of hydrogen-bond acceptors (Lipinski definition) is 4. The van der Waals surface area contributed by atoms with Gasteiger partial charge < -0.3 is 9.84 Å². The molecule has 1 aliphatic heterocycles. The van der Waals surface area contributed by atoms with Crippen LogP contribution in [-0.2, 0) is 0 Å². The topological polar surface area (TPSA) is 71.3 Å². The van der Waals surface area contributed by atoms with Crippen LogP contribution in [0.25, 0.3) is 17.0 Å². The van der Waals surface area contributed by atoms with E-state index in [0.29, 0.717) is 33.9 Å². The lowest BCUT2D eigenvalue weighted by atomic mass is 9.94. The summed E-state index contributed by atoms with van der Waals surface area (Å²) in [4.78, 5) is 19.3. The smallest absolute Gasteiger partial charge is 0.326 e. The van der Waals surface area contributed by atoms with Crippen LogP contribution in [0.15, 0.2) is 77.0 Å². The molecule has 8 heteroatoms. The number of aryl methyl sites for hydroxylation is 2. The molecule has 0 radical (unpaired) electrons. The first-order valence-electron chi connectivity index (χ1n) is 11.1. The van der Waals surface area contributed by atoms with Crippen LogP contribution in [0, 0.1) is 25.5 Å². The summed E-state index contributed by atoms with van der Waals surface area (Å²) >= 11 is 0. The zero-order valence-corrected chi connectivity index (χ0v) is 19.3.